The molecular weight excluding hydrogens is 588 g/mol. The van der Waals surface area contributed by atoms with Gasteiger partial charge in [0.1, 0.15) is 0 Å². The van der Waals surface area contributed by atoms with Gasteiger partial charge in [-0.05, 0) is 84.1 Å². The number of nitrogens with one attached hydrogen (secondary N) is 2. The predicted molar refractivity (Wildman–Crippen MR) is 178 cm³/mol. The van der Waals surface area contributed by atoms with Gasteiger partial charge in [0.15, 0.2) is 11.5 Å². The summed E-state index contributed by atoms with van der Waals surface area (Å²) in [7, 11) is 3.32. The van der Waals surface area contributed by atoms with Crippen molar-refractivity contribution < 1.29 is 19.1 Å². The van der Waals surface area contributed by atoms with Crippen molar-refractivity contribution in [1.82, 2.24) is 9.88 Å². The maximum Gasteiger partial charge on any atom is 0.257 e. The Morgan fingerprint density at radius 3 is 2.40 bits per heavy atom. The third-order valence-electron chi connectivity index (χ3n) is 8.05. The van der Waals surface area contributed by atoms with E-state index in [4.69, 9.17) is 21.1 Å². The monoisotopic (exact) mass is 620 g/mol. The van der Waals surface area contributed by atoms with Crippen molar-refractivity contribution in [3.8, 4) is 11.5 Å². The lowest BCUT2D eigenvalue weighted by atomic mass is 9.98. The molecule has 2 amide bonds. The molecule has 8 nitrogen and oxygen atoms in total. The number of anilines is 2. The van der Waals surface area contributed by atoms with E-state index in [1.165, 1.54) is 22.9 Å². The number of pyridine rings is 1. The first-order valence-corrected chi connectivity index (χ1v) is 15.1. The number of hydrogen-bond donors (Lipinski definition) is 2. The summed E-state index contributed by atoms with van der Waals surface area (Å²) in [5.41, 5.74) is 6.19. The van der Waals surface area contributed by atoms with Crippen LogP contribution >= 0.6 is 11.6 Å². The highest BCUT2D eigenvalue weighted by atomic mass is 35.5. The summed E-state index contributed by atoms with van der Waals surface area (Å²) in [6.45, 7) is 2.76. The highest BCUT2D eigenvalue weighted by molar-refractivity contribution is 6.31. The molecule has 0 atom stereocenters. The number of aromatic nitrogens is 1. The van der Waals surface area contributed by atoms with Crippen molar-refractivity contribution >= 4 is 45.7 Å². The van der Waals surface area contributed by atoms with E-state index < -0.39 is 0 Å². The number of para-hydroxylation sites is 1. The van der Waals surface area contributed by atoms with Gasteiger partial charge < -0.3 is 20.1 Å². The van der Waals surface area contributed by atoms with Crippen molar-refractivity contribution in [3.05, 3.63) is 124 Å². The molecule has 0 spiro atoms. The number of halogens is 1. The van der Waals surface area contributed by atoms with E-state index >= 15 is 0 Å². The van der Waals surface area contributed by atoms with Crippen LogP contribution in [-0.4, -0.2) is 49.0 Å². The minimum Gasteiger partial charge on any atom is -0.493 e. The fourth-order valence-electron chi connectivity index (χ4n) is 5.58. The highest BCUT2D eigenvalue weighted by Gasteiger charge is 2.20. The molecule has 6 rings (SSSR count). The Morgan fingerprint density at radius 1 is 0.867 bits per heavy atom. The maximum atomic E-state index is 13.3. The third-order valence-corrected chi connectivity index (χ3v) is 8.29. The number of benzene rings is 4. The average molecular weight is 621 g/mol. The lowest BCUT2D eigenvalue weighted by Gasteiger charge is -2.29. The summed E-state index contributed by atoms with van der Waals surface area (Å²) in [6, 6.07) is 26.1. The zero-order chi connectivity index (χ0) is 31.3. The zero-order valence-electron chi connectivity index (χ0n) is 25.1. The first-order valence-electron chi connectivity index (χ1n) is 14.7. The number of carbonyl (C=O) groups is 2. The molecule has 2 N–H and O–H groups in total. The summed E-state index contributed by atoms with van der Waals surface area (Å²) in [6.07, 6.45) is 3.36. The minimum absolute atomic E-state index is 0.296. The van der Waals surface area contributed by atoms with E-state index in [0.717, 1.165) is 54.9 Å². The number of methoxy groups -OCH3 is 2. The van der Waals surface area contributed by atoms with Gasteiger partial charge in [0.2, 0.25) is 0 Å². The molecule has 4 aromatic carbocycles. The number of carbonyl (C=O) groups excluding carboxylic acids is 2. The van der Waals surface area contributed by atoms with E-state index in [1.807, 2.05) is 48.5 Å². The Morgan fingerprint density at radius 2 is 1.62 bits per heavy atom. The molecule has 2 heterocycles. The van der Waals surface area contributed by atoms with Crippen LogP contribution in [-0.2, 0) is 19.4 Å². The zero-order valence-corrected chi connectivity index (χ0v) is 25.9. The van der Waals surface area contributed by atoms with Gasteiger partial charge in [0, 0.05) is 41.9 Å². The summed E-state index contributed by atoms with van der Waals surface area (Å²) in [4.78, 5) is 33.2. The van der Waals surface area contributed by atoms with Crippen LogP contribution in [0.25, 0.3) is 10.9 Å². The van der Waals surface area contributed by atoms with E-state index in [2.05, 4.69) is 32.7 Å². The standard InChI is InChI=1S/C36H33ClN4O4/c1-44-33-18-24-14-16-41(22-27(24)19-34(33)45-2)15-13-23-7-10-29(11-8-23)39-36(43)30-12-9-28(37)20-32(30)40-35(42)26-17-25-5-3-4-6-31(25)38-21-26/h3-12,17-21H,13-16,22H2,1-2H3,(H,39,43)(H,40,42). The van der Waals surface area contributed by atoms with Gasteiger partial charge in [-0.3, -0.25) is 19.5 Å². The van der Waals surface area contributed by atoms with Crippen LogP contribution in [0.5, 0.6) is 11.5 Å². The van der Waals surface area contributed by atoms with Crippen LogP contribution in [0.3, 0.4) is 0 Å². The average Bonchev–Trinajstić information content (AvgIpc) is 3.07. The molecule has 0 bridgehead atoms. The van der Waals surface area contributed by atoms with Gasteiger partial charge in [0.05, 0.1) is 36.6 Å². The lowest BCUT2D eigenvalue weighted by Crippen LogP contribution is -2.32. The van der Waals surface area contributed by atoms with Crippen LogP contribution in [0.1, 0.15) is 37.4 Å². The van der Waals surface area contributed by atoms with Gasteiger partial charge >= 0.3 is 0 Å². The lowest BCUT2D eigenvalue weighted by molar-refractivity contribution is 0.102. The van der Waals surface area contributed by atoms with Crippen LogP contribution in [0, 0.1) is 0 Å². The fourth-order valence-corrected chi connectivity index (χ4v) is 5.75. The number of fused-ring (bicyclic) bond motifs is 2. The molecule has 1 aromatic heterocycles. The Labute approximate surface area is 266 Å². The first-order chi connectivity index (χ1) is 21.9. The largest absolute Gasteiger partial charge is 0.493 e. The molecule has 0 fully saturated rings. The number of nitrogens with zero attached hydrogens (tertiary/aromatic N) is 2. The topological polar surface area (TPSA) is 92.8 Å². The Balaban J connectivity index is 1.07. The third kappa shape index (κ3) is 6.93. The normalized spacial score (nSPS) is 12.8. The highest BCUT2D eigenvalue weighted by Crippen LogP contribution is 2.33. The second kappa shape index (κ2) is 13.4. The van der Waals surface area contributed by atoms with Gasteiger partial charge in [0.25, 0.3) is 11.8 Å². The molecule has 0 unspecified atom stereocenters. The molecule has 228 valence electrons. The summed E-state index contributed by atoms with van der Waals surface area (Å²) >= 11 is 6.23. The Bertz CT molecular complexity index is 1880. The predicted octanol–water partition coefficient (Wildman–Crippen LogP) is 7.01. The quantitative estimate of drug-likeness (QED) is 0.184. The molecule has 0 saturated carbocycles. The molecule has 0 saturated heterocycles. The van der Waals surface area contributed by atoms with E-state index in [0.29, 0.717) is 27.5 Å². The van der Waals surface area contributed by atoms with Crippen LogP contribution in [0.15, 0.2) is 91.1 Å². The van der Waals surface area contributed by atoms with Crippen molar-refractivity contribution in [1.29, 1.82) is 0 Å². The maximum absolute atomic E-state index is 13.3. The molecule has 1 aliphatic rings. The van der Waals surface area contributed by atoms with Gasteiger partial charge in [-0.15, -0.1) is 0 Å². The number of amides is 2. The molecule has 0 radical (unpaired) electrons. The number of ether oxygens (including phenoxy) is 2. The Hall–Kier alpha value is -4.92. The van der Waals surface area contributed by atoms with E-state index in [9.17, 15) is 9.59 Å². The van der Waals surface area contributed by atoms with Crippen molar-refractivity contribution in [2.75, 3.05) is 37.9 Å². The van der Waals surface area contributed by atoms with Gasteiger partial charge in [-0.1, -0.05) is 41.9 Å². The van der Waals surface area contributed by atoms with E-state index in [1.54, 1.807) is 38.5 Å². The molecule has 0 aliphatic carbocycles. The van der Waals surface area contributed by atoms with Crippen LogP contribution < -0.4 is 20.1 Å². The SMILES string of the molecule is COc1cc2c(cc1OC)CN(CCc1ccc(NC(=O)c3ccc(Cl)cc3NC(=O)c3cnc4ccccc4c3)cc1)CC2. The molecule has 1 aliphatic heterocycles. The molecule has 45 heavy (non-hydrogen) atoms. The molecule has 9 heteroatoms. The van der Waals surface area contributed by atoms with Crippen molar-refractivity contribution in [2.24, 2.45) is 0 Å². The van der Waals surface area contributed by atoms with Crippen LogP contribution in [0.4, 0.5) is 11.4 Å². The molecular formula is C36H33ClN4O4. The Kier molecular flexibility index (Phi) is 8.96. The first kappa shape index (κ1) is 30.1. The smallest absolute Gasteiger partial charge is 0.257 e. The van der Waals surface area contributed by atoms with Crippen molar-refractivity contribution in [2.45, 2.75) is 19.4 Å². The van der Waals surface area contributed by atoms with E-state index in [-0.39, 0.29) is 11.8 Å². The summed E-state index contributed by atoms with van der Waals surface area (Å²) in [5.74, 6) is 0.786. The molecule has 5 aromatic rings. The second-order valence-corrected chi connectivity index (χ2v) is 11.4. The second-order valence-electron chi connectivity index (χ2n) is 11.0. The summed E-state index contributed by atoms with van der Waals surface area (Å²) in [5, 5.41) is 7.02. The van der Waals surface area contributed by atoms with Crippen LogP contribution in [0.2, 0.25) is 5.02 Å². The van der Waals surface area contributed by atoms with Crippen molar-refractivity contribution in [3.63, 3.8) is 0 Å². The van der Waals surface area contributed by atoms with Gasteiger partial charge in [-0.2, -0.15) is 0 Å². The fraction of sp³-hybridized carbons (Fsp3) is 0.194. The number of hydrogen-bond acceptors (Lipinski definition) is 6. The summed E-state index contributed by atoms with van der Waals surface area (Å²) < 4.78 is 11.0. The number of rotatable bonds is 9. The minimum atomic E-state index is -0.384. The van der Waals surface area contributed by atoms with Gasteiger partial charge in [-0.25, -0.2) is 0 Å².